The minimum Gasteiger partial charge on any atom is -0.383 e. The van der Waals surface area contributed by atoms with Crippen LogP contribution in [-0.2, 0) is 14.8 Å². The van der Waals surface area contributed by atoms with Crippen molar-refractivity contribution in [2.45, 2.75) is 6.92 Å². The predicted octanol–water partition coefficient (Wildman–Crippen LogP) is 0.523. The van der Waals surface area contributed by atoms with Crippen LogP contribution in [0.25, 0.3) is 0 Å². The molecular formula is C7H16ClNO3S. The Balaban J connectivity index is 4.20. The Morgan fingerprint density at radius 1 is 1.46 bits per heavy atom. The fourth-order valence-electron chi connectivity index (χ4n) is 0.914. The number of ether oxygens (including phenoxy) is 1. The molecule has 0 aromatic heterocycles. The zero-order chi connectivity index (χ0) is 10.3. The van der Waals surface area contributed by atoms with E-state index in [9.17, 15) is 8.42 Å². The molecule has 0 fully saturated rings. The quantitative estimate of drug-likeness (QED) is 0.598. The van der Waals surface area contributed by atoms with Gasteiger partial charge in [0.05, 0.1) is 12.4 Å². The van der Waals surface area contributed by atoms with Gasteiger partial charge in [0, 0.05) is 26.1 Å². The first-order chi connectivity index (χ1) is 6.08. The summed E-state index contributed by atoms with van der Waals surface area (Å²) >= 11 is 5.38. The van der Waals surface area contributed by atoms with Gasteiger partial charge in [-0.2, -0.15) is 4.31 Å². The summed E-state index contributed by atoms with van der Waals surface area (Å²) in [6.45, 7) is 3.06. The minimum atomic E-state index is -3.17. The van der Waals surface area contributed by atoms with Crippen molar-refractivity contribution in [3.63, 3.8) is 0 Å². The number of methoxy groups -OCH3 is 1. The standard InChI is InChI=1S/C7H16ClNO3S/c1-3-9(5-6-12-2)13(10,11)7-4-8/h3-7H2,1-2H3. The molecule has 0 aromatic rings. The Bertz CT molecular complexity index is 218. The Morgan fingerprint density at radius 2 is 2.08 bits per heavy atom. The van der Waals surface area contributed by atoms with Gasteiger partial charge < -0.3 is 4.74 Å². The number of sulfonamides is 1. The average molecular weight is 230 g/mol. The van der Waals surface area contributed by atoms with Crippen LogP contribution in [0.5, 0.6) is 0 Å². The topological polar surface area (TPSA) is 46.6 Å². The van der Waals surface area contributed by atoms with E-state index in [2.05, 4.69) is 0 Å². The highest BCUT2D eigenvalue weighted by Gasteiger charge is 2.18. The van der Waals surface area contributed by atoms with Crippen LogP contribution in [-0.4, -0.2) is 51.2 Å². The van der Waals surface area contributed by atoms with Crippen molar-refractivity contribution in [1.82, 2.24) is 4.31 Å². The molecule has 0 radical (unpaired) electrons. The summed E-state index contributed by atoms with van der Waals surface area (Å²) in [7, 11) is -1.63. The maximum Gasteiger partial charge on any atom is 0.215 e. The minimum absolute atomic E-state index is 0.00783. The molecule has 0 aliphatic carbocycles. The summed E-state index contributed by atoms with van der Waals surface area (Å²) in [4.78, 5) is 0. The lowest BCUT2D eigenvalue weighted by Crippen LogP contribution is -2.35. The molecule has 0 amide bonds. The predicted molar refractivity (Wildman–Crippen MR) is 53.6 cm³/mol. The third kappa shape index (κ3) is 4.81. The van der Waals surface area contributed by atoms with Gasteiger partial charge in [-0.05, 0) is 0 Å². The molecule has 13 heavy (non-hydrogen) atoms. The van der Waals surface area contributed by atoms with Crippen LogP contribution < -0.4 is 0 Å². The lowest BCUT2D eigenvalue weighted by molar-refractivity contribution is 0.180. The zero-order valence-electron chi connectivity index (χ0n) is 7.99. The molecule has 0 heterocycles. The number of hydrogen-bond acceptors (Lipinski definition) is 3. The molecule has 80 valence electrons. The Morgan fingerprint density at radius 3 is 2.46 bits per heavy atom. The molecule has 4 nitrogen and oxygen atoms in total. The van der Waals surface area contributed by atoms with Crippen LogP contribution in [0.4, 0.5) is 0 Å². The van der Waals surface area contributed by atoms with Gasteiger partial charge >= 0.3 is 0 Å². The van der Waals surface area contributed by atoms with Crippen molar-refractivity contribution in [1.29, 1.82) is 0 Å². The van der Waals surface area contributed by atoms with Crippen molar-refractivity contribution in [2.24, 2.45) is 0 Å². The third-order valence-corrected chi connectivity index (χ3v) is 3.99. The second-order valence-corrected chi connectivity index (χ2v) is 4.96. The van der Waals surface area contributed by atoms with Crippen LogP contribution >= 0.6 is 11.6 Å². The van der Waals surface area contributed by atoms with E-state index in [0.717, 1.165) is 0 Å². The van der Waals surface area contributed by atoms with Crippen LogP contribution in [0.3, 0.4) is 0 Å². The third-order valence-electron chi connectivity index (χ3n) is 1.63. The largest absolute Gasteiger partial charge is 0.383 e. The molecule has 0 saturated heterocycles. The fourth-order valence-corrected chi connectivity index (χ4v) is 2.70. The second-order valence-electron chi connectivity index (χ2n) is 2.49. The first-order valence-corrected chi connectivity index (χ1v) is 6.25. The number of likely N-dealkylation sites (N-methyl/N-ethyl adjacent to an activating group) is 1. The van der Waals surface area contributed by atoms with Crippen molar-refractivity contribution in [2.75, 3.05) is 38.4 Å². The summed E-state index contributed by atoms with van der Waals surface area (Å²) in [6.07, 6.45) is 0. The number of alkyl halides is 1. The Labute approximate surface area is 84.9 Å². The summed E-state index contributed by atoms with van der Waals surface area (Å²) < 4.78 is 29.1. The van der Waals surface area contributed by atoms with E-state index in [1.54, 1.807) is 14.0 Å². The first-order valence-electron chi connectivity index (χ1n) is 4.11. The van der Waals surface area contributed by atoms with E-state index in [1.807, 2.05) is 0 Å². The number of halogens is 1. The van der Waals surface area contributed by atoms with E-state index in [1.165, 1.54) is 4.31 Å². The lowest BCUT2D eigenvalue weighted by atomic mass is 10.6. The summed E-state index contributed by atoms with van der Waals surface area (Å²) in [5.74, 6) is 0.123. The molecule has 0 N–H and O–H groups in total. The van der Waals surface area contributed by atoms with Gasteiger partial charge in [-0.15, -0.1) is 11.6 Å². The normalized spacial score (nSPS) is 12.3. The molecule has 0 aromatic carbocycles. The van der Waals surface area contributed by atoms with E-state index < -0.39 is 10.0 Å². The Kier molecular flexibility index (Phi) is 6.67. The summed E-state index contributed by atoms with van der Waals surface area (Å²) in [5, 5.41) is 0. The van der Waals surface area contributed by atoms with Gasteiger partial charge in [-0.3, -0.25) is 0 Å². The van der Waals surface area contributed by atoms with Crippen molar-refractivity contribution >= 4 is 21.6 Å². The van der Waals surface area contributed by atoms with Crippen LogP contribution in [0, 0.1) is 0 Å². The van der Waals surface area contributed by atoms with Crippen LogP contribution in [0.15, 0.2) is 0 Å². The maximum absolute atomic E-state index is 11.5. The smallest absolute Gasteiger partial charge is 0.215 e. The molecule has 6 heteroatoms. The van der Waals surface area contributed by atoms with E-state index >= 15 is 0 Å². The van der Waals surface area contributed by atoms with Gasteiger partial charge in [0.2, 0.25) is 10.0 Å². The molecule has 0 aliphatic heterocycles. The summed E-state index contributed by atoms with van der Waals surface area (Å²) in [6, 6.07) is 0. The summed E-state index contributed by atoms with van der Waals surface area (Å²) in [5.41, 5.74) is 0. The fraction of sp³-hybridized carbons (Fsp3) is 1.00. The van der Waals surface area contributed by atoms with Crippen LogP contribution in [0.2, 0.25) is 0 Å². The van der Waals surface area contributed by atoms with Crippen LogP contribution in [0.1, 0.15) is 6.92 Å². The molecule has 0 aliphatic rings. The van der Waals surface area contributed by atoms with Gasteiger partial charge in [0.15, 0.2) is 0 Å². The highest BCUT2D eigenvalue weighted by molar-refractivity contribution is 7.89. The molecule has 0 unspecified atom stereocenters. The number of rotatable bonds is 7. The highest BCUT2D eigenvalue weighted by atomic mass is 35.5. The molecule has 0 atom stereocenters. The van der Waals surface area contributed by atoms with Crippen molar-refractivity contribution in [3.8, 4) is 0 Å². The SMILES string of the molecule is CCN(CCOC)S(=O)(=O)CCCl. The average Bonchev–Trinajstić information content (AvgIpc) is 2.05. The first kappa shape index (κ1) is 13.2. The van der Waals surface area contributed by atoms with Crippen molar-refractivity contribution in [3.05, 3.63) is 0 Å². The molecule has 0 saturated carbocycles. The number of hydrogen-bond donors (Lipinski definition) is 0. The monoisotopic (exact) mass is 229 g/mol. The van der Waals surface area contributed by atoms with Gasteiger partial charge in [0.1, 0.15) is 0 Å². The van der Waals surface area contributed by atoms with Gasteiger partial charge in [-0.25, -0.2) is 8.42 Å². The van der Waals surface area contributed by atoms with E-state index in [4.69, 9.17) is 16.3 Å². The second kappa shape index (κ2) is 6.59. The Hall–Kier alpha value is 0.160. The van der Waals surface area contributed by atoms with E-state index in [-0.39, 0.29) is 11.6 Å². The molecule has 0 rings (SSSR count). The molecular weight excluding hydrogens is 214 g/mol. The lowest BCUT2D eigenvalue weighted by Gasteiger charge is -2.19. The van der Waals surface area contributed by atoms with Crippen molar-refractivity contribution < 1.29 is 13.2 Å². The number of nitrogens with zero attached hydrogens (tertiary/aromatic N) is 1. The van der Waals surface area contributed by atoms with Gasteiger partial charge in [-0.1, -0.05) is 6.92 Å². The maximum atomic E-state index is 11.5. The highest BCUT2D eigenvalue weighted by Crippen LogP contribution is 2.01. The zero-order valence-corrected chi connectivity index (χ0v) is 9.57. The van der Waals surface area contributed by atoms with E-state index in [0.29, 0.717) is 19.7 Å². The molecule has 0 spiro atoms. The van der Waals surface area contributed by atoms with Gasteiger partial charge in [0.25, 0.3) is 0 Å². The molecule has 0 bridgehead atoms.